The number of phenolic OH excluding ortho intramolecular Hbond substituents is 2. The third kappa shape index (κ3) is 3.05. The molecule has 0 amide bonds. The van der Waals surface area contributed by atoms with E-state index in [1.165, 1.54) is 13.2 Å². The number of carboxylic acids is 1. The van der Waals surface area contributed by atoms with Crippen molar-refractivity contribution in [2.24, 2.45) is 0 Å². The van der Waals surface area contributed by atoms with E-state index in [1.807, 2.05) is 0 Å². The predicted octanol–water partition coefficient (Wildman–Crippen LogP) is 3.60. The molecular formula is C27H20O10. The molecule has 4 aromatic rings. The molecular weight excluding hydrogens is 484 g/mol. The van der Waals surface area contributed by atoms with Gasteiger partial charge in [0.05, 0.1) is 0 Å². The number of esters is 1. The fourth-order valence-electron chi connectivity index (χ4n) is 5.41. The number of ether oxygens (including phenoxy) is 2. The maximum absolute atomic E-state index is 13.5. The van der Waals surface area contributed by atoms with Gasteiger partial charge < -0.3 is 34.3 Å². The van der Waals surface area contributed by atoms with E-state index >= 15 is 0 Å². The summed E-state index contributed by atoms with van der Waals surface area (Å²) in [6.45, 7) is 1.62. The highest BCUT2D eigenvalue weighted by Crippen LogP contribution is 2.50. The number of hydrogen-bond acceptors (Lipinski definition) is 9. The molecule has 188 valence electrons. The Morgan fingerprint density at radius 2 is 1.54 bits per heavy atom. The predicted molar refractivity (Wildman–Crippen MR) is 129 cm³/mol. The number of hydrogen-bond donors (Lipinski definition) is 4. The molecule has 37 heavy (non-hydrogen) atoms. The van der Waals surface area contributed by atoms with Crippen LogP contribution in [0, 0.1) is 0 Å². The van der Waals surface area contributed by atoms with Gasteiger partial charge in [0, 0.05) is 31.6 Å². The van der Waals surface area contributed by atoms with Crippen molar-refractivity contribution >= 4 is 33.9 Å². The van der Waals surface area contributed by atoms with Crippen molar-refractivity contribution in [1.82, 2.24) is 0 Å². The topological polar surface area (TPSA) is 164 Å². The summed E-state index contributed by atoms with van der Waals surface area (Å²) in [6.07, 6.45) is 1.14. The third-order valence-electron chi connectivity index (χ3n) is 7.22. The zero-order valence-electron chi connectivity index (χ0n) is 19.7. The van der Waals surface area contributed by atoms with Crippen molar-refractivity contribution in [2.45, 2.75) is 32.0 Å². The van der Waals surface area contributed by atoms with Crippen LogP contribution in [0.25, 0.3) is 33.1 Å². The molecule has 1 aromatic heterocycles. The normalized spacial score (nSPS) is 18.3. The van der Waals surface area contributed by atoms with Gasteiger partial charge >= 0.3 is 11.9 Å². The van der Waals surface area contributed by atoms with Gasteiger partial charge in [-0.3, -0.25) is 4.79 Å². The zero-order valence-corrected chi connectivity index (χ0v) is 19.7. The fourth-order valence-corrected chi connectivity index (χ4v) is 5.41. The van der Waals surface area contributed by atoms with Crippen LogP contribution in [0.15, 0.2) is 33.5 Å². The molecule has 3 aromatic carbocycles. The molecule has 6 rings (SSSR count). The maximum atomic E-state index is 13.5. The monoisotopic (exact) mass is 504 g/mol. The molecule has 4 N–H and O–H groups in total. The van der Waals surface area contributed by atoms with Crippen molar-refractivity contribution < 1.29 is 43.9 Å². The minimum absolute atomic E-state index is 0.0346. The van der Waals surface area contributed by atoms with Crippen molar-refractivity contribution in [2.75, 3.05) is 7.11 Å². The maximum Gasteiger partial charge on any atom is 0.344 e. The molecule has 10 nitrogen and oxygen atoms in total. The molecule has 1 atom stereocenters. The van der Waals surface area contributed by atoms with Crippen LogP contribution >= 0.6 is 0 Å². The van der Waals surface area contributed by atoms with Crippen molar-refractivity contribution in [3.8, 4) is 28.4 Å². The molecule has 0 fully saturated rings. The number of fused-ring (bicyclic) bond motifs is 6. The summed E-state index contributed by atoms with van der Waals surface area (Å²) in [6, 6.07) is 5.72. The highest BCUT2D eigenvalue weighted by molar-refractivity contribution is 6.06. The van der Waals surface area contributed by atoms with Gasteiger partial charge in [-0.05, 0) is 47.7 Å². The number of cyclic esters (lactones) is 1. The van der Waals surface area contributed by atoms with Crippen LogP contribution in [0.3, 0.4) is 0 Å². The smallest absolute Gasteiger partial charge is 0.344 e. The quantitative estimate of drug-likeness (QED) is 0.234. The van der Waals surface area contributed by atoms with Gasteiger partial charge in [-0.2, -0.15) is 0 Å². The van der Waals surface area contributed by atoms with Gasteiger partial charge in [-0.15, -0.1) is 0 Å². The molecule has 0 unspecified atom stereocenters. The average molecular weight is 504 g/mol. The highest BCUT2D eigenvalue weighted by Gasteiger charge is 2.40. The molecule has 0 saturated heterocycles. The van der Waals surface area contributed by atoms with Gasteiger partial charge in [0.2, 0.25) is 11.2 Å². The Kier molecular flexibility index (Phi) is 4.61. The largest absolute Gasteiger partial charge is 0.506 e. The van der Waals surface area contributed by atoms with Crippen LogP contribution in [-0.4, -0.2) is 45.3 Å². The van der Waals surface area contributed by atoms with E-state index in [-0.39, 0.29) is 45.4 Å². The Labute approximate surface area is 207 Å². The second kappa shape index (κ2) is 7.47. The van der Waals surface area contributed by atoms with Crippen molar-refractivity contribution in [3.63, 3.8) is 0 Å². The number of rotatable bonds is 2. The van der Waals surface area contributed by atoms with E-state index in [0.29, 0.717) is 29.5 Å². The lowest BCUT2D eigenvalue weighted by atomic mass is 9.80. The van der Waals surface area contributed by atoms with Crippen LogP contribution in [0.4, 0.5) is 0 Å². The lowest BCUT2D eigenvalue weighted by Gasteiger charge is -2.34. The first kappa shape index (κ1) is 22.9. The average Bonchev–Trinajstić information content (AvgIpc) is 2.83. The van der Waals surface area contributed by atoms with Crippen LogP contribution in [0.1, 0.15) is 44.3 Å². The van der Waals surface area contributed by atoms with Crippen molar-refractivity contribution in [1.29, 1.82) is 0 Å². The number of methoxy groups -OCH3 is 1. The molecule has 2 heterocycles. The summed E-state index contributed by atoms with van der Waals surface area (Å²) >= 11 is 0. The van der Waals surface area contributed by atoms with Gasteiger partial charge in [-0.1, -0.05) is 6.07 Å². The Hall–Kier alpha value is -4.57. The molecule has 1 aliphatic heterocycles. The number of benzene rings is 3. The minimum atomic E-state index is -1.44. The second-order valence-electron chi connectivity index (χ2n) is 9.40. The number of carbonyl (C=O) groups is 2. The number of carboxylic acid groups (broad SMARTS) is 1. The highest BCUT2D eigenvalue weighted by atomic mass is 16.7. The summed E-state index contributed by atoms with van der Waals surface area (Å²) in [7, 11) is 1.42. The Bertz CT molecular complexity index is 1780. The number of phenols is 3. The molecule has 0 saturated carbocycles. The molecule has 0 bridgehead atoms. The third-order valence-corrected chi connectivity index (χ3v) is 7.22. The van der Waals surface area contributed by atoms with Gasteiger partial charge in [-0.25, -0.2) is 9.59 Å². The summed E-state index contributed by atoms with van der Waals surface area (Å²) in [5, 5.41) is 41.8. The van der Waals surface area contributed by atoms with Crippen LogP contribution in [0.5, 0.6) is 17.2 Å². The first-order valence-electron chi connectivity index (χ1n) is 11.4. The lowest BCUT2D eigenvalue weighted by Crippen LogP contribution is -2.40. The number of aromatic carboxylic acids is 1. The van der Waals surface area contributed by atoms with Crippen LogP contribution in [-0.2, 0) is 28.7 Å². The summed E-state index contributed by atoms with van der Waals surface area (Å²) in [4.78, 5) is 37.8. The number of carbonyl (C=O) groups excluding carboxylic acids is 1. The summed E-state index contributed by atoms with van der Waals surface area (Å²) in [5.74, 6) is -5.08. The first-order chi connectivity index (χ1) is 17.5. The lowest BCUT2D eigenvalue weighted by molar-refractivity contribution is -0.177. The Morgan fingerprint density at radius 1 is 0.892 bits per heavy atom. The van der Waals surface area contributed by atoms with E-state index in [0.717, 1.165) is 6.07 Å². The molecule has 1 aliphatic carbocycles. The van der Waals surface area contributed by atoms with Crippen molar-refractivity contribution in [3.05, 3.63) is 62.3 Å². The van der Waals surface area contributed by atoms with Gasteiger partial charge in [0.15, 0.2) is 0 Å². The van der Waals surface area contributed by atoms with E-state index in [4.69, 9.17) is 13.9 Å². The van der Waals surface area contributed by atoms with E-state index in [2.05, 4.69) is 0 Å². The zero-order chi connectivity index (χ0) is 26.4. The SMILES string of the molecule is CO[C@]1(C)Cc2cc3c(c(O)c2C(=O)O1)-c1c(cc2oc4ccc(C(=O)O)c(O)c4c(=O)c2c1O)CC3. The van der Waals surface area contributed by atoms with E-state index < -0.39 is 45.6 Å². The molecule has 10 heteroatoms. The van der Waals surface area contributed by atoms with Crippen LogP contribution < -0.4 is 5.43 Å². The molecule has 2 aliphatic rings. The Morgan fingerprint density at radius 3 is 2.22 bits per heavy atom. The van der Waals surface area contributed by atoms with Crippen LogP contribution in [0.2, 0.25) is 0 Å². The fraction of sp³-hybridized carbons (Fsp3) is 0.222. The summed E-state index contributed by atoms with van der Waals surface area (Å²) in [5.41, 5.74) is 0.740. The Balaban J connectivity index is 1.67. The number of aryl methyl sites for hydroxylation is 2. The summed E-state index contributed by atoms with van der Waals surface area (Å²) < 4.78 is 16.5. The van der Waals surface area contributed by atoms with Gasteiger partial charge in [0.25, 0.3) is 0 Å². The molecule has 0 spiro atoms. The second-order valence-corrected chi connectivity index (χ2v) is 9.40. The standard InChI is InChI=1S/C27H20O10/c1-27(35-2)9-12-7-10-3-4-11-8-15-20(23(30)17(11)16(10)22(29)18(12)26(34)37-27)24(31)19-14(36-15)6-5-13(21(19)28)25(32)33/h5-8,28-30H,3-4,9H2,1-2H3,(H,32,33)/t27-/m0/s1. The minimum Gasteiger partial charge on any atom is -0.506 e. The van der Waals surface area contributed by atoms with E-state index in [1.54, 1.807) is 19.1 Å². The van der Waals surface area contributed by atoms with Gasteiger partial charge in [0.1, 0.15) is 50.3 Å². The first-order valence-corrected chi connectivity index (χ1v) is 11.4. The number of aromatic hydroxyl groups is 3. The van der Waals surface area contributed by atoms with E-state index in [9.17, 15) is 34.8 Å². The molecule has 0 radical (unpaired) electrons.